The fourth-order valence-corrected chi connectivity index (χ4v) is 3.28. The minimum Gasteiger partial charge on any atom is -0.619 e. The van der Waals surface area contributed by atoms with Crippen LogP contribution in [0.5, 0.6) is 5.75 Å². The first-order chi connectivity index (χ1) is 14.1. The molecule has 0 saturated carbocycles. The molecule has 0 N–H and O–H groups in total. The van der Waals surface area contributed by atoms with E-state index in [2.05, 4.69) is 0 Å². The number of amides is 1. The summed E-state index contributed by atoms with van der Waals surface area (Å²) < 4.78 is 40.3. The number of ether oxygens (including phenoxy) is 2. The van der Waals surface area contributed by atoms with Gasteiger partial charge in [-0.05, 0) is 62.8 Å². The summed E-state index contributed by atoms with van der Waals surface area (Å²) in [6.07, 6.45) is 3.51. The number of carbonyl (C=O) groups is 1. The van der Waals surface area contributed by atoms with Gasteiger partial charge >= 0.3 is 6.09 Å². The highest BCUT2D eigenvalue weighted by molar-refractivity contribution is 5.68. The Kier molecular flexibility index (Phi) is 6.43. The Balaban J connectivity index is 1.56. The molecule has 0 bridgehead atoms. The number of pyridine rings is 1. The molecule has 1 aromatic carbocycles. The van der Waals surface area contributed by atoms with E-state index in [1.54, 1.807) is 4.90 Å². The van der Waals surface area contributed by atoms with Gasteiger partial charge in [-0.15, -0.1) is 0 Å². The van der Waals surface area contributed by atoms with E-state index in [1.807, 2.05) is 20.8 Å². The van der Waals surface area contributed by atoms with Gasteiger partial charge in [0.2, 0.25) is 0 Å². The number of aromatic nitrogens is 1. The molecular formula is C22H26F2N2O4. The van der Waals surface area contributed by atoms with Crippen molar-refractivity contribution in [3.8, 4) is 16.9 Å². The van der Waals surface area contributed by atoms with Crippen LogP contribution in [0.15, 0.2) is 36.7 Å². The van der Waals surface area contributed by atoms with Gasteiger partial charge in [-0.1, -0.05) is 0 Å². The van der Waals surface area contributed by atoms with Crippen molar-refractivity contribution in [1.29, 1.82) is 0 Å². The highest BCUT2D eigenvalue weighted by Crippen LogP contribution is 2.30. The van der Waals surface area contributed by atoms with Gasteiger partial charge in [-0.2, -0.15) is 4.73 Å². The normalized spacial score (nSPS) is 15.2. The summed E-state index contributed by atoms with van der Waals surface area (Å²) in [5, 5.41) is 11.1. The summed E-state index contributed by atoms with van der Waals surface area (Å²) >= 11 is 0. The molecule has 1 saturated heterocycles. The first-order valence-corrected chi connectivity index (χ1v) is 9.91. The van der Waals surface area contributed by atoms with Crippen LogP contribution in [0.4, 0.5) is 13.6 Å². The van der Waals surface area contributed by atoms with Crippen molar-refractivity contribution in [2.24, 2.45) is 5.92 Å². The first-order valence-electron chi connectivity index (χ1n) is 9.91. The van der Waals surface area contributed by atoms with Crippen molar-refractivity contribution < 1.29 is 27.8 Å². The molecule has 0 unspecified atom stereocenters. The second-order valence-electron chi connectivity index (χ2n) is 8.44. The summed E-state index contributed by atoms with van der Waals surface area (Å²) in [5.41, 5.74) is 0.304. The highest BCUT2D eigenvalue weighted by Gasteiger charge is 2.27. The molecule has 8 heteroatoms. The van der Waals surface area contributed by atoms with E-state index in [0.29, 0.717) is 41.8 Å². The number of rotatable bonds is 4. The Morgan fingerprint density at radius 2 is 1.70 bits per heavy atom. The maximum Gasteiger partial charge on any atom is 0.410 e. The quantitative estimate of drug-likeness (QED) is 0.547. The number of carbonyl (C=O) groups excluding carboxylic acids is 1. The Bertz CT molecular complexity index is 866. The molecule has 1 aliphatic heterocycles. The molecule has 0 atom stereocenters. The summed E-state index contributed by atoms with van der Waals surface area (Å²) in [4.78, 5) is 13.8. The molecule has 0 spiro atoms. The van der Waals surface area contributed by atoms with Crippen molar-refractivity contribution in [3.63, 3.8) is 0 Å². The smallest absolute Gasteiger partial charge is 0.410 e. The monoisotopic (exact) mass is 420 g/mol. The zero-order chi connectivity index (χ0) is 21.9. The van der Waals surface area contributed by atoms with Crippen LogP contribution in [-0.4, -0.2) is 36.3 Å². The van der Waals surface area contributed by atoms with Crippen LogP contribution in [0.1, 0.15) is 33.6 Å². The van der Waals surface area contributed by atoms with Crippen LogP contribution in [0, 0.1) is 22.8 Å². The summed E-state index contributed by atoms with van der Waals surface area (Å²) in [6, 6.07) is 5.35. The average molecular weight is 420 g/mol. The van der Waals surface area contributed by atoms with E-state index >= 15 is 0 Å². The molecule has 1 aliphatic rings. The molecule has 3 rings (SSSR count). The standard InChI is InChI=1S/C22H26F2N2O4/c1-22(2,3)30-21(27)25-8-4-15(5-9-25)14-29-20-18(23)12-17(13-19(20)24)16-6-10-26(28)11-7-16/h6-7,10-13,15H,4-5,8-9,14H2,1-3H3. The van der Waals surface area contributed by atoms with Crippen molar-refractivity contribution in [1.82, 2.24) is 4.90 Å². The van der Waals surface area contributed by atoms with Crippen LogP contribution >= 0.6 is 0 Å². The van der Waals surface area contributed by atoms with E-state index in [-0.39, 0.29) is 18.6 Å². The highest BCUT2D eigenvalue weighted by atomic mass is 19.1. The predicted octanol–water partition coefficient (Wildman–Crippen LogP) is 4.29. The fraction of sp³-hybridized carbons (Fsp3) is 0.455. The maximum absolute atomic E-state index is 14.5. The Labute approximate surface area is 174 Å². The Hall–Kier alpha value is -2.90. The van der Waals surface area contributed by atoms with Crippen molar-refractivity contribution in [2.45, 2.75) is 39.2 Å². The molecule has 2 aromatic rings. The molecule has 1 amide bonds. The lowest BCUT2D eigenvalue weighted by molar-refractivity contribution is -0.605. The predicted molar refractivity (Wildman–Crippen MR) is 107 cm³/mol. The number of hydrogen-bond acceptors (Lipinski definition) is 4. The van der Waals surface area contributed by atoms with Crippen LogP contribution < -0.4 is 9.47 Å². The van der Waals surface area contributed by atoms with Gasteiger partial charge < -0.3 is 19.6 Å². The van der Waals surface area contributed by atoms with Gasteiger partial charge in [-0.3, -0.25) is 0 Å². The van der Waals surface area contributed by atoms with E-state index in [1.165, 1.54) is 36.7 Å². The van der Waals surface area contributed by atoms with E-state index in [9.17, 15) is 18.8 Å². The summed E-state index contributed by atoms with van der Waals surface area (Å²) in [7, 11) is 0. The Morgan fingerprint density at radius 1 is 1.13 bits per heavy atom. The maximum atomic E-state index is 14.5. The fourth-order valence-electron chi connectivity index (χ4n) is 3.28. The first kappa shape index (κ1) is 21.8. The molecule has 6 nitrogen and oxygen atoms in total. The van der Waals surface area contributed by atoms with Gasteiger partial charge in [0, 0.05) is 25.2 Å². The second-order valence-corrected chi connectivity index (χ2v) is 8.44. The second kappa shape index (κ2) is 8.85. The van der Waals surface area contributed by atoms with E-state index in [4.69, 9.17) is 9.47 Å². The number of likely N-dealkylation sites (tertiary alicyclic amines) is 1. The number of benzene rings is 1. The molecule has 30 heavy (non-hydrogen) atoms. The van der Waals surface area contributed by atoms with Crippen molar-refractivity contribution in [2.75, 3.05) is 19.7 Å². The van der Waals surface area contributed by atoms with Gasteiger partial charge in [0.1, 0.15) is 5.60 Å². The number of nitrogens with zero attached hydrogens (tertiary/aromatic N) is 2. The van der Waals surface area contributed by atoms with Gasteiger partial charge in [0.05, 0.1) is 6.61 Å². The topological polar surface area (TPSA) is 65.7 Å². The molecule has 1 fully saturated rings. The third-order valence-electron chi connectivity index (χ3n) is 4.86. The molecule has 1 aromatic heterocycles. The van der Waals surface area contributed by atoms with Crippen LogP contribution in [-0.2, 0) is 4.74 Å². The minimum atomic E-state index is -0.796. The van der Waals surface area contributed by atoms with E-state index < -0.39 is 23.0 Å². The summed E-state index contributed by atoms with van der Waals surface area (Å²) in [6.45, 7) is 6.64. The Morgan fingerprint density at radius 3 is 2.23 bits per heavy atom. The number of piperidine rings is 1. The minimum absolute atomic E-state index is 0.0868. The largest absolute Gasteiger partial charge is 0.619 e. The molecule has 0 aliphatic carbocycles. The molecule has 0 radical (unpaired) electrons. The third kappa shape index (κ3) is 5.58. The molecule has 162 valence electrons. The third-order valence-corrected chi connectivity index (χ3v) is 4.86. The van der Waals surface area contributed by atoms with Crippen molar-refractivity contribution >= 4 is 6.09 Å². The van der Waals surface area contributed by atoms with E-state index in [0.717, 1.165) is 0 Å². The number of hydrogen-bond donors (Lipinski definition) is 0. The van der Waals surface area contributed by atoms with Crippen LogP contribution in [0.25, 0.3) is 11.1 Å². The lowest BCUT2D eigenvalue weighted by Gasteiger charge is -2.33. The number of halogens is 2. The van der Waals surface area contributed by atoms with Crippen LogP contribution in [0.2, 0.25) is 0 Å². The van der Waals surface area contributed by atoms with Crippen molar-refractivity contribution in [3.05, 3.63) is 53.5 Å². The van der Waals surface area contributed by atoms with Crippen LogP contribution in [0.3, 0.4) is 0 Å². The average Bonchev–Trinajstić information content (AvgIpc) is 2.67. The SMILES string of the molecule is CC(C)(C)OC(=O)N1CCC(COc2c(F)cc(-c3cc[n+]([O-])cc3)cc2F)CC1. The molecule has 2 heterocycles. The summed E-state index contributed by atoms with van der Waals surface area (Å²) in [5.74, 6) is -1.92. The zero-order valence-corrected chi connectivity index (χ0v) is 17.4. The molecular weight excluding hydrogens is 394 g/mol. The van der Waals surface area contributed by atoms with Gasteiger partial charge in [0.25, 0.3) is 0 Å². The lowest BCUT2D eigenvalue weighted by atomic mass is 9.98. The van der Waals surface area contributed by atoms with Gasteiger partial charge in [0.15, 0.2) is 29.8 Å². The van der Waals surface area contributed by atoms with Gasteiger partial charge in [-0.25, -0.2) is 13.6 Å². The zero-order valence-electron chi connectivity index (χ0n) is 17.4. The lowest BCUT2D eigenvalue weighted by Crippen LogP contribution is -2.42.